The molecule has 3 rings (SSSR count). The number of halogens is 1. The number of urea groups is 1. The lowest BCUT2D eigenvalue weighted by atomic mass is 9.94. The fraction of sp³-hybridized carbons (Fsp3) is 0.391. The van der Waals surface area contributed by atoms with Gasteiger partial charge in [-0.1, -0.05) is 49.6 Å². The van der Waals surface area contributed by atoms with Crippen LogP contribution in [0.15, 0.2) is 48.5 Å². The standard InChI is InChI=1S/C23H29FN4O2/c1-28(18-10-3-2-4-11-18)16-17-9-5-7-13-20(17)25-15-22(29)27-23(30)26-21-14-8-6-12-19(21)24/h5-9,12-14,18,25H,2-4,10-11,15-16H2,1H3,(H2,26,27,29,30). The van der Waals surface area contributed by atoms with Gasteiger partial charge in [0.05, 0.1) is 12.2 Å². The van der Waals surface area contributed by atoms with Crippen molar-refractivity contribution in [2.75, 3.05) is 24.2 Å². The van der Waals surface area contributed by atoms with Crippen LogP contribution in [-0.4, -0.2) is 36.5 Å². The molecule has 3 N–H and O–H groups in total. The van der Waals surface area contributed by atoms with E-state index < -0.39 is 17.8 Å². The average molecular weight is 413 g/mol. The van der Waals surface area contributed by atoms with E-state index in [4.69, 9.17) is 0 Å². The number of carbonyl (C=O) groups excluding carboxylic acids is 2. The van der Waals surface area contributed by atoms with Crippen LogP contribution < -0.4 is 16.0 Å². The SMILES string of the molecule is CN(Cc1ccccc1NCC(=O)NC(=O)Nc1ccccc1F)C1CCCCC1. The molecule has 0 unspecified atom stereocenters. The number of anilines is 2. The van der Waals surface area contributed by atoms with Gasteiger partial charge in [0.1, 0.15) is 5.82 Å². The van der Waals surface area contributed by atoms with Crippen molar-refractivity contribution >= 4 is 23.3 Å². The van der Waals surface area contributed by atoms with Crippen LogP contribution in [0.2, 0.25) is 0 Å². The van der Waals surface area contributed by atoms with Gasteiger partial charge < -0.3 is 10.6 Å². The molecule has 30 heavy (non-hydrogen) atoms. The molecule has 0 spiro atoms. The number of benzene rings is 2. The monoisotopic (exact) mass is 412 g/mol. The average Bonchev–Trinajstić information content (AvgIpc) is 2.75. The van der Waals surface area contributed by atoms with Gasteiger partial charge in [-0.05, 0) is 43.7 Å². The van der Waals surface area contributed by atoms with E-state index in [1.54, 1.807) is 6.07 Å². The summed E-state index contributed by atoms with van der Waals surface area (Å²) in [5.74, 6) is -1.06. The lowest BCUT2D eigenvalue weighted by molar-refractivity contribution is -0.118. The Kier molecular flexibility index (Phi) is 7.79. The maximum Gasteiger partial charge on any atom is 0.326 e. The Morgan fingerprint density at radius 3 is 2.40 bits per heavy atom. The van der Waals surface area contributed by atoms with Gasteiger partial charge in [-0.2, -0.15) is 0 Å². The lowest BCUT2D eigenvalue weighted by Gasteiger charge is -2.31. The van der Waals surface area contributed by atoms with Gasteiger partial charge >= 0.3 is 6.03 Å². The van der Waals surface area contributed by atoms with Crippen LogP contribution in [-0.2, 0) is 11.3 Å². The van der Waals surface area contributed by atoms with Gasteiger partial charge in [0.2, 0.25) is 5.91 Å². The second-order valence-corrected chi connectivity index (χ2v) is 7.70. The molecule has 0 bridgehead atoms. The number of imide groups is 1. The molecule has 2 aromatic rings. The second kappa shape index (κ2) is 10.7. The minimum absolute atomic E-state index is 0.0202. The van der Waals surface area contributed by atoms with Crippen molar-refractivity contribution in [3.05, 3.63) is 59.9 Å². The third kappa shape index (κ3) is 6.29. The number of carbonyl (C=O) groups is 2. The van der Waals surface area contributed by atoms with Crippen molar-refractivity contribution in [2.24, 2.45) is 0 Å². The molecule has 0 heterocycles. The molecule has 1 saturated carbocycles. The van der Waals surface area contributed by atoms with Crippen molar-refractivity contribution in [2.45, 2.75) is 44.7 Å². The topological polar surface area (TPSA) is 73.5 Å². The van der Waals surface area contributed by atoms with Crippen LogP contribution >= 0.6 is 0 Å². The Hall–Kier alpha value is -2.93. The van der Waals surface area contributed by atoms with E-state index in [1.165, 1.54) is 50.3 Å². The van der Waals surface area contributed by atoms with Crippen LogP contribution in [0.1, 0.15) is 37.7 Å². The number of nitrogens with one attached hydrogen (secondary N) is 3. The Morgan fingerprint density at radius 2 is 1.67 bits per heavy atom. The van der Waals surface area contributed by atoms with Gasteiger partial charge in [-0.3, -0.25) is 15.0 Å². The number of amides is 3. The molecule has 3 amide bonds. The van der Waals surface area contributed by atoms with Crippen LogP contribution in [0.25, 0.3) is 0 Å². The maximum atomic E-state index is 13.6. The molecular formula is C23H29FN4O2. The Morgan fingerprint density at radius 1 is 1.00 bits per heavy atom. The van der Waals surface area contributed by atoms with Gasteiger partial charge in [0.15, 0.2) is 0 Å². The predicted octanol–water partition coefficient (Wildman–Crippen LogP) is 4.35. The molecule has 0 saturated heterocycles. The van der Waals surface area contributed by atoms with E-state index in [1.807, 2.05) is 24.3 Å². The molecule has 0 aromatic heterocycles. The van der Waals surface area contributed by atoms with Gasteiger partial charge in [-0.25, -0.2) is 9.18 Å². The van der Waals surface area contributed by atoms with Crippen molar-refractivity contribution in [3.63, 3.8) is 0 Å². The molecule has 2 aromatic carbocycles. The number of nitrogens with zero attached hydrogens (tertiary/aromatic N) is 1. The highest BCUT2D eigenvalue weighted by molar-refractivity contribution is 6.02. The molecule has 1 aliphatic rings. The minimum Gasteiger partial charge on any atom is -0.376 e. The van der Waals surface area contributed by atoms with Crippen LogP contribution in [0.4, 0.5) is 20.6 Å². The highest BCUT2D eigenvalue weighted by Gasteiger charge is 2.19. The largest absolute Gasteiger partial charge is 0.376 e. The molecule has 1 aliphatic carbocycles. The van der Waals surface area contributed by atoms with Gasteiger partial charge in [-0.15, -0.1) is 0 Å². The molecule has 0 aliphatic heterocycles. The van der Waals surface area contributed by atoms with E-state index >= 15 is 0 Å². The summed E-state index contributed by atoms with van der Waals surface area (Å²) in [6.07, 6.45) is 6.34. The first-order chi connectivity index (χ1) is 14.5. The number of hydrogen-bond acceptors (Lipinski definition) is 4. The van der Waals surface area contributed by atoms with Crippen molar-refractivity contribution < 1.29 is 14.0 Å². The predicted molar refractivity (Wildman–Crippen MR) is 117 cm³/mol. The molecule has 7 heteroatoms. The molecule has 1 fully saturated rings. The van der Waals surface area contributed by atoms with Crippen LogP contribution in [0.5, 0.6) is 0 Å². The second-order valence-electron chi connectivity index (χ2n) is 7.70. The summed E-state index contributed by atoms with van der Waals surface area (Å²) in [7, 11) is 2.15. The number of para-hydroxylation sites is 2. The Bertz CT molecular complexity index is 868. The summed E-state index contributed by atoms with van der Waals surface area (Å²) in [6, 6.07) is 13.5. The van der Waals surface area contributed by atoms with Gasteiger partial charge in [0, 0.05) is 18.3 Å². The van der Waals surface area contributed by atoms with Crippen molar-refractivity contribution in [1.82, 2.24) is 10.2 Å². The zero-order valence-electron chi connectivity index (χ0n) is 17.3. The highest BCUT2D eigenvalue weighted by atomic mass is 19.1. The zero-order valence-corrected chi connectivity index (χ0v) is 17.3. The van der Waals surface area contributed by atoms with Crippen LogP contribution in [0, 0.1) is 5.82 Å². The lowest BCUT2D eigenvalue weighted by Crippen LogP contribution is -2.38. The normalized spacial score (nSPS) is 14.4. The van der Waals surface area contributed by atoms with Gasteiger partial charge in [0.25, 0.3) is 0 Å². The molecule has 0 radical (unpaired) electrons. The molecule has 6 nitrogen and oxygen atoms in total. The quantitative estimate of drug-likeness (QED) is 0.632. The highest BCUT2D eigenvalue weighted by Crippen LogP contribution is 2.24. The summed E-state index contributed by atoms with van der Waals surface area (Å²) in [4.78, 5) is 26.5. The Balaban J connectivity index is 1.51. The van der Waals surface area contributed by atoms with Crippen molar-refractivity contribution in [1.29, 1.82) is 0 Å². The first-order valence-electron chi connectivity index (χ1n) is 10.4. The fourth-order valence-electron chi connectivity index (χ4n) is 3.81. The smallest absolute Gasteiger partial charge is 0.326 e. The summed E-state index contributed by atoms with van der Waals surface area (Å²) in [5, 5.41) is 7.65. The molecule has 160 valence electrons. The van der Waals surface area contributed by atoms with E-state index in [2.05, 4.69) is 27.9 Å². The molecular weight excluding hydrogens is 383 g/mol. The Labute approximate surface area is 176 Å². The first kappa shape index (κ1) is 21.8. The molecule has 0 atom stereocenters. The van der Waals surface area contributed by atoms with E-state index in [9.17, 15) is 14.0 Å². The van der Waals surface area contributed by atoms with Crippen molar-refractivity contribution in [3.8, 4) is 0 Å². The summed E-state index contributed by atoms with van der Waals surface area (Å²) in [5.41, 5.74) is 1.99. The number of hydrogen-bond donors (Lipinski definition) is 3. The minimum atomic E-state index is -0.766. The maximum absolute atomic E-state index is 13.6. The first-order valence-corrected chi connectivity index (χ1v) is 10.4. The van der Waals surface area contributed by atoms with Crippen LogP contribution in [0.3, 0.4) is 0 Å². The summed E-state index contributed by atoms with van der Waals surface area (Å²) < 4.78 is 13.6. The summed E-state index contributed by atoms with van der Waals surface area (Å²) in [6.45, 7) is 0.734. The fourth-order valence-corrected chi connectivity index (χ4v) is 3.81. The van der Waals surface area contributed by atoms with E-state index in [0.717, 1.165) is 17.8 Å². The third-order valence-corrected chi connectivity index (χ3v) is 5.45. The summed E-state index contributed by atoms with van der Waals surface area (Å²) >= 11 is 0. The van der Waals surface area contributed by atoms with E-state index in [-0.39, 0.29) is 12.2 Å². The number of rotatable bonds is 7. The zero-order chi connectivity index (χ0) is 21.3. The third-order valence-electron chi connectivity index (χ3n) is 5.45. The van der Waals surface area contributed by atoms with E-state index in [0.29, 0.717) is 6.04 Å².